The van der Waals surface area contributed by atoms with Crippen molar-refractivity contribution < 1.29 is 9.53 Å². The Morgan fingerprint density at radius 1 is 1.03 bits per heavy atom. The quantitative estimate of drug-likeness (QED) is 0.437. The van der Waals surface area contributed by atoms with E-state index in [1.54, 1.807) is 7.11 Å². The minimum Gasteiger partial charge on any atom is -0.495 e. The zero-order valence-corrected chi connectivity index (χ0v) is 18.4. The fourth-order valence-electron chi connectivity index (χ4n) is 3.22. The first kappa shape index (κ1) is 20.7. The van der Waals surface area contributed by atoms with E-state index in [2.05, 4.69) is 21.6 Å². The highest BCUT2D eigenvalue weighted by atomic mass is 32.2. The molecule has 4 rings (SSSR count). The lowest BCUT2D eigenvalue weighted by molar-refractivity contribution is -0.113. The lowest BCUT2D eigenvalue weighted by Crippen LogP contribution is -2.16. The highest BCUT2D eigenvalue weighted by Gasteiger charge is 2.17. The molecule has 0 aliphatic carbocycles. The van der Waals surface area contributed by atoms with Gasteiger partial charge in [-0.15, -0.1) is 10.2 Å². The molecular formula is C23H23N5O2S. The molecule has 0 fully saturated rings. The van der Waals surface area contributed by atoms with Crippen LogP contribution in [-0.2, 0) is 4.79 Å². The van der Waals surface area contributed by atoms with Gasteiger partial charge in [0, 0.05) is 18.0 Å². The van der Waals surface area contributed by atoms with Gasteiger partial charge in [0.05, 0.1) is 18.6 Å². The molecule has 0 radical (unpaired) electrons. The molecule has 2 aromatic heterocycles. The van der Waals surface area contributed by atoms with Crippen molar-refractivity contribution in [2.24, 2.45) is 0 Å². The molecular weight excluding hydrogens is 410 g/mol. The topological polar surface area (TPSA) is 74.0 Å². The van der Waals surface area contributed by atoms with Gasteiger partial charge in [-0.3, -0.25) is 9.47 Å². The Morgan fingerprint density at radius 2 is 1.81 bits per heavy atom. The summed E-state index contributed by atoms with van der Waals surface area (Å²) >= 11 is 1.33. The average molecular weight is 434 g/mol. The largest absolute Gasteiger partial charge is 0.495 e. The number of ether oxygens (including phenoxy) is 1. The molecule has 2 heterocycles. The van der Waals surface area contributed by atoms with Crippen molar-refractivity contribution in [1.29, 1.82) is 0 Å². The highest BCUT2D eigenvalue weighted by Crippen LogP contribution is 2.27. The standard InChI is InChI=1S/C23H23N5O2S/c1-16-7-6-8-18(13-16)22-25-26-23(28(22)27-11-4-5-12-27)31-15-21(29)24-19-14-17(2)9-10-20(19)30-3/h4-14H,15H2,1-3H3,(H,24,29). The van der Waals surface area contributed by atoms with E-state index in [-0.39, 0.29) is 11.7 Å². The van der Waals surface area contributed by atoms with Gasteiger partial charge in [-0.2, -0.15) is 0 Å². The maximum absolute atomic E-state index is 12.6. The SMILES string of the molecule is COc1ccc(C)cc1NC(=O)CSc1nnc(-c2cccc(C)c2)n1-n1cccc1. The van der Waals surface area contributed by atoms with Gasteiger partial charge in [-0.25, -0.2) is 4.68 Å². The first-order chi connectivity index (χ1) is 15.0. The summed E-state index contributed by atoms with van der Waals surface area (Å²) in [5.41, 5.74) is 3.79. The van der Waals surface area contributed by atoms with Gasteiger partial charge in [0.1, 0.15) is 5.75 Å². The number of amides is 1. The maximum Gasteiger partial charge on any atom is 0.234 e. The Hall–Kier alpha value is -3.52. The summed E-state index contributed by atoms with van der Waals surface area (Å²) < 4.78 is 9.15. The van der Waals surface area contributed by atoms with Crippen LogP contribution in [0.25, 0.3) is 11.4 Å². The van der Waals surface area contributed by atoms with Crippen LogP contribution in [0.4, 0.5) is 5.69 Å². The lowest BCUT2D eigenvalue weighted by Gasteiger charge is -2.12. The number of rotatable bonds is 7. The van der Waals surface area contributed by atoms with Crippen molar-refractivity contribution in [3.05, 3.63) is 78.1 Å². The molecule has 0 saturated heterocycles. The predicted molar refractivity (Wildman–Crippen MR) is 123 cm³/mol. The van der Waals surface area contributed by atoms with Crippen LogP contribution in [0.15, 0.2) is 72.1 Å². The Balaban J connectivity index is 1.57. The fourth-order valence-corrected chi connectivity index (χ4v) is 3.96. The molecule has 4 aromatic rings. The minimum absolute atomic E-state index is 0.145. The van der Waals surface area contributed by atoms with Crippen LogP contribution >= 0.6 is 11.8 Å². The number of nitrogens with one attached hydrogen (secondary N) is 1. The molecule has 0 atom stereocenters. The molecule has 0 unspecified atom stereocenters. The molecule has 2 aromatic carbocycles. The van der Waals surface area contributed by atoms with Gasteiger partial charge < -0.3 is 10.1 Å². The minimum atomic E-state index is -0.145. The number of nitrogens with zero attached hydrogens (tertiary/aromatic N) is 4. The number of methoxy groups -OCH3 is 1. The summed E-state index contributed by atoms with van der Waals surface area (Å²) in [6, 6.07) is 17.6. The van der Waals surface area contributed by atoms with Crippen molar-refractivity contribution in [1.82, 2.24) is 19.5 Å². The monoisotopic (exact) mass is 433 g/mol. The van der Waals surface area contributed by atoms with Gasteiger partial charge >= 0.3 is 0 Å². The van der Waals surface area contributed by atoms with Crippen molar-refractivity contribution in [3.63, 3.8) is 0 Å². The number of aromatic nitrogens is 4. The number of hydrogen-bond donors (Lipinski definition) is 1. The van der Waals surface area contributed by atoms with E-state index in [4.69, 9.17) is 4.74 Å². The third-order valence-corrected chi connectivity index (χ3v) is 5.59. The van der Waals surface area contributed by atoms with Crippen LogP contribution in [0.5, 0.6) is 5.75 Å². The van der Waals surface area contributed by atoms with Gasteiger partial charge in [-0.05, 0) is 49.7 Å². The maximum atomic E-state index is 12.6. The number of thioether (sulfide) groups is 1. The molecule has 8 heteroatoms. The first-order valence-electron chi connectivity index (χ1n) is 9.78. The Labute approximate surface area is 185 Å². The summed E-state index contributed by atoms with van der Waals surface area (Å²) in [6.45, 7) is 4.01. The zero-order chi connectivity index (χ0) is 21.8. The fraction of sp³-hybridized carbons (Fsp3) is 0.174. The van der Waals surface area contributed by atoms with Gasteiger partial charge in [-0.1, -0.05) is 41.6 Å². The van der Waals surface area contributed by atoms with Crippen LogP contribution in [0.2, 0.25) is 0 Å². The number of hydrogen-bond acceptors (Lipinski definition) is 5. The van der Waals surface area contributed by atoms with Gasteiger partial charge in [0.15, 0.2) is 5.82 Å². The number of aryl methyl sites for hydroxylation is 2. The molecule has 0 spiro atoms. The van der Waals surface area contributed by atoms with Gasteiger partial charge in [0.25, 0.3) is 0 Å². The average Bonchev–Trinajstić information content (AvgIpc) is 3.42. The van der Waals surface area contributed by atoms with E-state index >= 15 is 0 Å². The van der Waals surface area contributed by atoms with Crippen LogP contribution in [-0.4, -0.2) is 38.3 Å². The van der Waals surface area contributed by atoms with Crippen LogP contribution in [0.3, 0.4) is 0 Å². The summed E-state index contributed by atoms with van der Waals surface area (Å²) in [5, 5.41) is 12.3. The number of carbonyl (C=O) groups is 1. The Bertz CT molecular complexity index is 1200. The second kappa shape index (κ2) is 9.09. The van der Waals surface area contributed by atoms with E-state index in [0.717, 1.165) is 16.7 Å². The third kappa shape index (κ3) is 4.64. The molecule has 0 aliphatic heterocycles. The number of benzene rings is 2. The smallest absolute Gasteiger partial charge is 0.234 e. The Kier molecular flexibility index (Phi) is 6.08. The van der Waals surface area contributed by atoms with E-state index in [9.17, 15) is 4.79 Å². The lowest BCUT2D eigenvalue weighted by atomic mass is 10.1. The molecule has 0 aliphatic rings. The number of anilines is 1. The molecule has 31 heavy (non-hydrogen) atoms. The summed E-state index contributed by atoms with van der Waals surface area (Å²) in [6.07, 6.45) is 3.84. The third-order valence-electron chi connectivity index (χ3n) is 4.67. The molecule has 0 saturated carbocycles. The van der Waals surface area contributed by atoms with Crippen molar-refractivity contribution >= 4 is 23.4 Å². The summed E-state index contributed by atoms with van der Waals surface area (Å²) in [7, 11) is 1.58. The normalized spacial score (nSPS) is 10.8. The predicted octanol–water partition coefficient (Wildman–Crippen LogP) is 4.41. The summed E-state index contributed by atoms with van der Waals surface area (Å²) in [4.78, 5) is 12.6. The zero-order valence-electron chi connectivity index (χ0n) is 17.6. The molecule has 0 bridgehead atoms. The van der Waals surface area contributed by atoms with E-state index in [0.29, 0.717) is 22.4 Å². The molecule has 1 amide bonds. The van der Waals surface area contributed by atoms with Crippen LogP contribution in [0, 0.1) is 13.8 Å². The van der Waals surface area contributed by atoms with E-state index in [1.165, 1.54) is 11.8 Å². The van der Waals surface area contributed by atoms with Crippen molar-refractivity contribution in [2.45, 2.75) is 19.0 Å². The highest BCUT2D eigenvalue weighted by molar-refractivity contribution is 7.99. The second-order valence-electron chi connectivity index (χ2n) is 7.09. The van der Waals surface area contributed by atoms with Gasteiger partial charge in [0.2, 0.25) is 11.1 Å². The Morgan fingerprint density at radius 3 is 2.55 bits per heavy atom. The first-order valence-corrected chi connectivity index (χ1v) is 10.8. The van der Waals surface area contributed by atoms with E-state index < -0.39 is 0 Å². The van der Waals surface area contributed by atoms with E-state index in [1.807, 2.05) is 84.1 Å². The molecule has 1 N–H and O–H groups in total. The summed E-state index contributed by atoms with van der Waals surface area (Å²) in [5.74, 6) is 1.38. The second-order valence-corrected chi connectivity index (χ2v) is 8.03. The van der Waals surface area contributed by atoms with Crippen LogP contribution < -0.4 is 10.1 Å². The van der Waals surface area contributed by atoms with Crippen molar-refractivity contribution in [3.8, 4) is 17.1 Å². The van der Waals surface area contributed by atoms with Crippen LogP contribution in [0.1, 0.15) is 11.1 Å². The number of carbonyl (C=O) groups excluding carboxylic acids is 1. The molecule has 7 nitrogen and oxygen atoms in total. The molecule has 158 valence electrons. The van der Waals surface area contributed by atoms with Crippen molar-refractivity contribution in [2.75, 3.05) is 18.2 Å².